The van der Waals surface area contributed by atoms with E-state index >= 15 is 4.39 Å². The van der Waals surface area contributed by atoms with Crippen LogP contribution in [0.3, 0.4) is 0 Å². The molecule has 0 radical (unpaired) electrons. The number of nitrogens with one attached hydrogen (secondary N) is 1. The third kappa shape index (κ3) is 6.02. The van der Waals surface area contributed by atoms with Crippen LogP contribution in [0.15, 0.2) is 18.2 Å². The number of hydrogen-bond acceptors (Lipinski definition) is 8. The lowest BCUT2D eigenvalue weighted by Crippen LogP contribution is -2.37. The van der Waals surface area contributed by atoms with Gasteiger partial charge in [-0.1, -0.05) is 20.8 Å². The Kier molecular flexibility index (Phi) is 9.20. The molecule has 2 aliphatic rings. The number of fused-ring (bicyclic) bond motifs is 1. The molecule has 2 aliphatic heterocycles. The molecule has 0 spiro atoms. The lowest BCUT2D eigenvalue weighted by atomic mass is 9.84. The summed E-state index contributed by atoms with van der Waals surface area (Å²) in [5.41, 5.74) is 2.61. The van der Waals surface area contributed by atoms with Crippen LogP contribution in [0.2, 0.25) is 0 Å². The highest BCUT2D eigenvalue weighted by Gasteiger charge is 2.34. The fourth-order valence-corrected chi connectivity index (χ4v) is 5.06. The first-order chi connectivity index (χ1) is 19.1. The van der Waals surface area contributed by atoms with Crippen molar-refractivity contribution >= 4 is 17.3 Å². The predicted molar refractivity (Wildman–Crippen MR) is 151 cm³/mol. The number of benzene rings is 2. The molecule has 0 amide bonds. The van der Waals surface area contributed by atoms with Crippen LogP contribution in [-0.2, 0) is 21.4 Å². The number of morpholine rings is 1. The average Bonchev–Trinajstić information content (AvgIpc) is 3.23. The van der Waals surface area contributed by atoms with E-state index in [0.29, 0.717) is 55.5 Å². The van der Waals surface area contributed by atoms with Gasteiger partial charge in [-0.05, 0) is 43.0 Å². The van der Waals surface area contributed by atoms with Crippen LogP contribution in [0.5, 0.6) is 17.2 Å². The number of Topliss-reactive ketones (excluding diaryl/α,β-unsaturated/α-hetero) is 1. The number of halogens is 1. The fourth-order valence-electron chi connectivity index (χ4n) is 5.06. The number of rotatable bonds is 11. The first kappa shape index (κ1) is 29.6. The van der Waals surface area contributed by atoms with Crippen molar-refractivity contribution in [3.8, 4) is 17.2 Å². The molecule has 0 aliphatic carbocycles. The molecule has 2 aromatic rings. The lowest BCUT2D eigenvalue weighted by Gasteiger charge is -2.33. The van der Waals surface area contributed by atoms with Crippen molar-refractivity contribution in [1.82, 2.24) is 4.90 Å². The Morgan fingerprint density at radius 3 is 2.38 bits per heavy atom. The minimum Gasteiger partial charge on any atom is -0.490 e. The third-order valence-electron chi connectivity index (χ3n) is 6.98. The number of methoxy groups -OCH3 is 1. The zero-order valence-electron chi connectivity index (χ0n) is 24.3. The largest absolute Gasteiger partial charge is 0.490 e. The van der Waals surface area contributed by atoms with Gasteiger partial charge in [0.15, 0.2) is 29.9 Å². The molecule has 218 valence electrons. The van der Waals surface area contributed by atoms with Gasteiger partial charge < -0.3 is 33.5 Å². The number of ketones is 1. The highest BCUT2D eigenvalue weighted by Crippen LogP contribution is 2.42. The van der Waals surface area contributed by atoms with Crippen molar-refractivity contribution in [1.29, 1.82) is 5.41 Å². The maximum absolute atomic E-state index is 15.5. The van der Waals surface area contributed by atoms with E-state index in [9.17, 15) is 4.79 Å². The van der Waals surface area contributed by atoms with E-state index < -0.39 is 5.82 Å². The molecule has 0 atom stereocenters. The number of nitrogens with zero attached hydrogens (tertiary/aromatic N) is 2. The standard InChI is InChI=1S/C30H40FN3O6/c1-7-38-24-15-20-16-34(29(32)25(20)26(31)28(24)39-8-2)17-23(35)19-13-21(30(3,4)5)27(40-18-36-6)22(14-19)33-9-11-37-12-10-33/h13-15,32H,7-12,16-18H2,1-6H3. The van der Waals surface area contributed by atoms with E-state index in [4.69, 9.17) is 29.1 Å². The number of carbonyl (C=O) groups excluding carboxylic acids is 1. The minimum atomic E-state index is -0.632. The Morgan fingerprint density at radius 1 is 1.05 bits per heavy atom. The van der Waals surface area contributed by atoms with E-state index in [1.54, 1.807) is 25.0 Å². The summed E-state index contributed by atoms with van der Waals surface area (Å²) in [6.07, 6.45) is 0. The van der Waals surface area contributed by atoms with Crippen LogP contribution in [0, 0.1) is 11.2 Å². The molecular formula is C30H40FN3O6. The molecule has 2 aromatic carbocycles. The molecule has 1 fully saturated rings. The summed E-state index contributed by atoms with van der Waals surface area (Å²) in [5.74, 6) is 0.131. The van der Waals surface area contributed by atoms with Gasteiger partial charge >= 0.3 is 0 Å². The summed E-state index contributed by atoms with van der Waals surface area (Å²) in [5, 5.41) is 8.72. The Bertz CT molecular complexity index is 1250. The van der Waals surface area contributed by atoms with Crippen LogP contribution >= 0.6 is 0 Å². The summed E-state index contributed by atoms with van der Waals surface area (Å²) < 4.78 is 43.5. The van der Waals surface area contributed by atoms with Crippen molar-refractivity contribution in [2.75, 3.05) is 64.9 Å². The Labute approximate surface area is 235 Å². The second-order valence-electron chi connectivity index (χ2n) is 10.8. The molecule has 1 saturated heterocycles. The summed E-state index contributed by atoms with van der Waals surface area (Å²) in [7, 11) is 1.57. The summed E-state index contributed by atoms with van der Waals surface area (Å²) in [4.78, 5) is 17.5. The van der Waals surface area contributed by atoms with E-state index in [-0.39, 0.29) is 54.8 Å². The van der Waals surface area contributed by atoms with Crippen molar-refractivity contribution in [3.05, 3.63) is 46.3 Å². The number of carbonyl (C=O) groups is 1. The molecule has 40 heavy (non-hydrogen) atoms. The smallest absolute Gasteiger partial charge is 0.197 e. The number of amidine groups is 1. The number of anilines is 1. The SMILES string of the molecule is CCOc1cc2c(c(F)c1OCC)C(=N)N(CC(=O)c1cc(N3CCOCC3)c(OCOC)c(C(C)(C)C)c1)C2. The van der Waals surface area contributed by atoms with E-state index in [0.717, 1.165) is 11.3 Å². The monoisotopic (exact) mass is 557 g/mol. The second kappa shape index (κ2) is 12.4. The first-order valence-electron chi connectivity index (χ1n) is 13.7. The fraction of sp³-hybridized carbons (Fsp3) is 0.533. The number of hydrogen-bond donors (Lipinski definition) is 1. The molecule has 2 heterocycles. The van der Waals surface area contributed by atoms with Crippen LogP contribution in [-0.4, -0.2) is 76.5 Å². The minimum absolute atomic E-state index is 0.00218. The van der Waals surface area contributed by atoms with Crippen molar-refractivity contribution < 1.29 is 32.9 Å². The van der Waals surface area contributed by atoms with Crippen molar-refractivity contribution in [2.45, 2.75) is 46.6 Å². The molecule has 0 bridgehead atoms. The molecule has 0 aromatic heterocycles. The van der Waals surface area contributed by atoms with Gasteiger partial charge in [-0.3, -0.25) is 10.2 Å². The third-order valence-corrected chi connectivity index (χ3v) is 6.98. The van der Waals surface area contributed by atoms with Crippen LogP contribution in [0.25, 0.3) is 0 Å². The molecule has 0 saturated carbocycles. The van der Waals surface area contributed by atoms with Crippen molar-refractivity contribution in [2.24, 2.45) is 0 Å². The van der Waals surface area contributed by atoms with Crippen LogP contribution in [0.1, 0.15) is 61.7 Å². The van der Waals surface area contributed by atoms with Gasteiger partial charge in [0.2, 0.25) is 0 Å². The summed E-state index contributed by atoms with van der Waals surface area (Å²) in [6, 6.07) is 5.43. The van der Waals surface area contributed by atoms with Gasteiger partial charge in [0.1, 0.15) is 11.6 Å². The van der Waals surface area contributed by atoms with Gasteiger partial charge in [0.05, 0.1) is 44.2 Å². The predicted octanol–water partition coefficient (Wildman–Crippen LogP) is 4.76. The summed E-state index contributed by atoms with van der Waals surface area (Å²) >= 11 is 0. The Balaban J connectivity index is 1.68. The zero-order chi connectivity index (χ0) is 29.0. The molecule has 0 unspecified atom stereocenters. The summed E-state index contributed by atoms with van der Waals surface area (Å²) in [6.45, 7) is 13.1. The topological polar surface area (TPSA) is 93.6 Å². The van der Waals surface area contributed by atoms with Gasteiger partial charge in [-0.15, -0.1) is 0 Å². The molecular weight excluding hydrogens is 517 g/mol. The first-order valence-corrected chi connectivity index (χ1v) is 13.7. The highest BCUT2D eigenvalue weighted by atomic mass is 19.1. The molecule has 4 rings (SSSR count). The molecule has 10 heteroatoms. The van der Waals surface area contributed by atoms with Gasteiger partial charge in [0, 0.05) is 37.9 Å². The van der Waals surface area contributed by atoms with E-state index in [2.05, 4.69) is 25.7 Å². The van der Waals surface area contributed by atoms with Crippen LogP contribution < -0.4 is 19.1 Å². The van der Waals surface area contributed by atoms with Crippen LogP contribution in [0.4, 0.5) is 10.1 Å². The maximum atomic E-state index is 15.5. The second-order valence-corrected chi connectivity index (χ2v) is 10.8. The zero-order valence-corrected chi connectivity index (χ0v) is 24.3. The highest BCUT2D eigenvalue weighted by molar-refractivity contribution is 6.06. The maximum Gasteiger partial charge on any atom is 0.197 e. The molecule has 1 N–H and O–H groups in total. The van der Waals surface area contributed by atoms with Gasteiger partial charge in [-0.2, -0.15) is 0 Å². The normalized spacial score (nSPS) is 15.3. The van der Waals surface area contributed by atoms with E-state index in [1.165, 1.54) is 0 Å². The van der Waals surface area contributed by atoms with E-state index in [1.807, 2.05) is 19.1 Å². The van der Waals surface area contributed by atoms with Gasteiger partial charge in [0.25, 0.3) is 0 Å². The average molecular weight is 558 g/mol. The number of ether oxygens (including phenoxy) is 5. The lowest BCUT2D eigenvalue weighted by molar-refractivity contribution is 0.0498. The Hall–Kier alpha value is -3.37. The molecule has 9 nitrogen and oxygen atoms in total. The van der Waals surface area contributed by atoms with Crippen molar-refractivity contribution in [3.63, 3.8) is 0 Å². The quantitative estimate of drug-likeness (QED) is 0.312. The Morgan fingerprint density at radius 2 is 1.75 bits per heavy atom. The van der Waals surface area contributed by atoms with Gasteiger partial charge in [-0.25, -0.2) is 4.39 Å².